The maximum absolute atomic E-state index is 8.36. The third kappa shape index (κ3) is 7.95. The highest BCUT2D eigenvalue weighted by Gasteiger charge is 2.10. The summed E-state index contributed by atoms with van der Waals surface area (Å²) in [6.07, 6.45) is 11.2. The number of hydrogen-bond donors (Lipinski definition) is 1. The Morgan fingerprint density at radius 3 is 2.04 bits per heavy atom. The van der Waals surface area contributed by atoms with Crippen molar-refractivity contribution in [2.24, 2.45) is 0 Å². The summed E-state index contributed by atoms with van der Waals surface area (Å²) < 4.78 is 4.15. The second-order valence-electron chi connectivity index (χ2n) is 5.85. The average molecular weight is 427 g/mol. The molecule has 28 heavy (non-hydrogen) atoms. The van der Waals surface area contributed by atoms with Gasteiger partial charge in [-0.2, -0.15) is 0 Å². The minimum atomic E-state index is -1.50. The number of imidazole rings is 2. The number of hydrogen-bond acceptors (Lipinski definition) is 5. The molecule has 0 aliphatic rings. The fourth-order valence-corrected chi connectivity index (χ4v) is 2.98. The summed E-state index contributed by atoms with van der Waals surface area (Å²) in [6.45, 7) is 4.36. The van der Waals surface area contributed by atoms with E-state index >= 15 is 0 Å². The van der Waals surface area contributed by atoms with Gasteiger partial charge in [0.05, 0.1) is 12.7 Å². The van der Waals surface area contributed by atoms with Crippen LogP contribution < -0.4 is 0 Å². The van der Waals surface area contributed by atoms with Crippen LogP contribution in [0.25, 0.3) is 0 Å². The first kappa shape index (κ1) is 21.7. The first-order valence-corrected chi connectivity index (χ1v) is 9.10. The first-order chi connectivity index (χ1) is 13.4. The zero-order valence-electron chi connectivity index (χ0n) is 14.9. The summed E-state index contributed by atoms with van der Waals surface area (Å²) in [4.78, 5) is 18.9. The fraction of sp³-hybridized carbons (Fsp3) is 0.294. The molecule has 0 saturated carbocycles. The number of benzene rings is 1. The van der Waals surface area contributed by atoms with Crippen molar-refractivity contribution in [2.45, 2.75) is 19.6 Å². The van der Waals surface area contributed by atoms with E-state index in [1.54, 1.807) is 18.5 Å². The normalized spacial score (nSPS) is 10.5. The van der Waals surface area contributed by atoms with Crippen LogP contribution in [0.3, 0.4) is 0 Å². The second kappa shape index (κ2) is 11.3. The lowest BCUT2D eigenvalue weighted by molar-refractivity contribution is -0.742. The highest BCUT2D eigenvalue weighted by atomic mass is 35.5. The van der Waals surface area contributed by atoms with E-state index < -0.39 is 5.09 Å². The van der Waals surface area contributed by atoms with Crippen molar-refractivity contribution in [3.63, 3.8) is 0 Å². The molecular formula is C17H20Cl2N6O3. The number of rotatable bonds is 8. The zero-order chi connectivity index (χ0) is 20.4. The van der Waals surface area contributed by atoms with Crippen molar-refractivity contribution in [3.05, 3.63) is 81.4 Å². The first-order valence-electron chi connectivity index (χ1n) is 8.35. The summed E-state index contributed by atoms with van der Waals surface area (Å²) in [6, 6.07) is 5.67. The minimum Gasteiger partial charge on any atom is -0.336 e. The molecule has 1 N–H and O–H groups in total. The van der Waals surface area contributed by atoms with Gasteiger partial charge in [0.2, 0.25) is 0 Å². The van der Waals surface area contributed by atoms with Crippen LogP contribution in [0.5, 0.6) is 0 Å². The van der Waals surface area contributed by atoms with Gasteiger partial charge in [-0.25, -0.2) is 9.97 Å². The largest absolute Gasteiger partial charge is 0.336 e. The lowest BCUT2D eigenvalue weighted by Gasteiger charge is -2.23. The standard InChI is InChI=1S/C17H19Cl2N5.HNO3/c18-16-2-1-15(17(19)11-16)12-22(7-9-23-5-3-20-13-23)8-10-24-6-4-21-14-24;2-1(3)4/h1-6,11,13-14H,7-10,12H2;(H,2,3,4). The zero-order valence-corrected chi connectivity index (χ0v) is 16.4. The Morgan fingerprint density at radius 1 is 1.07 bits per heavy atom. The fourth-order valence-electron chi connectivity index (χ4n) is 2.51. The predicted octanol–water partition coefficient (Wildman–Crippen LogP) is 3.24. The van der Waals surface area contributed by atoms with E-state index in [2.05, 4.69) is 24.0 Å². The van der Waals surface area contributed by atoms with Gasteiger partial charge in [-0.3, -0.25) is 4.90 Å². The molecule has 3 rings (SSSR count). The lowest BCUT2D eigenvalue weighted by Crippen LogP contribution is -2.30. The van der Waals surface area contributed by atoms with Crippen LogP contribution in [0.4, 0.5) is 0 Å². The van der Waals surface area contributed by atoms with Crippen molar-refractivity contribution in [1.29, 1.82) is 0 Å². The van der Waals surface area contributed by atoms with E-state index in [0.717, 1.165) is 38.3 Å². The van der Waals surface area contributed by atoms with Gasteiger partial charge in [0.15, 0.2) is 0 Å². The molecule has 3 aromatic rings. The van der Waals surface area contributed by atoms with Gasteiger partial charge in [0, 0.05) is 67.6 Å². The molecule has 0 unspecified atom stereocenters. The molecule has 0 amide bonds. The molecule has 150 valence electrons. The summed E-state index contributed by atoms with van der Waals surface area (Å²) in [7, 11) is 0. The molecule has 0 radical (unpaired) electrons. The highest BCUT2D eigenvalue weighted by Crippen LogP contribution is 2.22. The Bertz CT molecular complexity index is 800. The molecular weight excluding hydrogens is 407 g/mol. The Kier molecular flexibility index (Phi) is 8.73. The molecule has 1 aromatic carbocycles. The summed E-state index contributed by atoms with van der Waals surface area (Å²) in [5.41, 5.74) is 1.08. The van der Waals surface area contributed by atoms with E-state index in [1.807, 2.05) is 37.2 Å². The van der Waals surface area contributed by atoms with E-state index in [1.165, 1.54) is 0 Å². The van der Waals surface area contributed by atoms with Gasteiger partial charge < -0.3 is 14.3 Å². The number of nitrogens with zero attached hydrogens (tertiary/aromatic N) is 6. The quantitative estimate of drug-likeness (QED) is 0.438. The van der Waals surface area contributed by atoms with Crippen molar-refractivity contribution in [3.8, 4) is 0 Å². The summed E-state index contributed by atoms with van der Waals surface area (Å²) in [5.74, 6) is 0. The third-order valence-electron chi connectivity index (χ3n) is 3.88. The van der Waals surface area contributed by atoms with Crippen LogP contribution in [-0.4, -0.2) is 47.4 Å². The molecule has 0 aliphatic heterocycles. The van der Waals surface area contributed by atoms with Gasteiger partial charge in [-0.15, -0.1) is 10.1 Å². The van der Waals surface area contributed by atoms with Crippen molar-refractivity contribution in [2.75, 3.05) is 13.1 Å². The van der Waals surface area contributed by atoms with Crippen molar-refractivity contribution < 1.29 is 10.3 Å². The molecule has 0 spiro atoms. The highest BCUT2D eigenvalue weighted by molar-refractivity contribution is 6.35. The smallest absolute Gasteiger partial charge is 0.291 e. The lowest BCUT2D eigenvalue weighted by atomic mass is 10.2. The van der Waals surface area contributed by atoms with Gasteiger partial charge in [-0.05, 0) is 17.7 Å². The monoisotopic (exact) mass is 426 g/mol. The topological polar surface area (TPSA) is 102 Å². The van der Waals surface area contributed by atoms with Gasteiger partial charge in [0.25, 0.3) is 5.09 Å². The van der Waals surface area contributed by atoms with Crippen LogP contribution in [-0.2, 0) is 19.6 Å². The molecule has 2 heterocycles. The molecule has 0 saturated heterocycles. The summed E-state index contributed by atoms with van der Waals surface area (Å²) in [5, 5.41) is 15.0. The molecule has 0 bridgehead atoms. The molecule has 0 fully saturated rings. The number of aromatic nitrogens is 4. The third-order valence-corrected chi connectivity index (χ3v) is 4.46. The van der Waals surface area contributed by atoms with Crippen LogP contribution in [0.15, 0.2) is 55.6 Å². The Morgan fingerprint density at radius 2 is 1.61 bits per heavy atom. The molecule has 2 aromatic heterocycles. The second-order valence-corrected chi connectivity index (χ2v) is 6.69. The van der Waals surface area contributed by atoms with E-state index in [9.17, 15) is 0 Å². The Balaban J connectivity index is 0.000000640. The van der Waals surface area contributed by atoms with E-state index in [4.69, 9.17) is 38.5 Å². The molecule has 9 nitrogen and oxygen atoms in total. The molecule has 0 atom stereocenters. The average Bonchev–Trinajstić information content (AvgIpc) is 3.32. The van der Waals surface area contributed by atoms with Crippen LogP contribution in [0, 0.1) is 10.1 Å². The number of halogens is 2. The van der Waals surface area contributed by atoms with Crippen LogP contribution in [0.2, 0.25) is 10.0 Å². The SMILES string of the molecule is Clc1ccc(CN(CCn2ccnc2)CCn2ccnc2)c(Cl)c1.O=[N+]([O-])O. The van der Waals surface area contributed by atoms with Gasteiger partial charge in [-0.1, -0.05) is 29.3 Å². The molecule has 11 heteroatoms. The summed E-state index contributed by atoms with van der Waals surface area (Å²) >= 11 is 12.3. The minimum absolute atomic E-state index is 0.659. The van der Waals surface area contributed by atoms with Crippen molar-refractivity contribution in [1.82, 2.24) is 24.0 Å². The Labute approximate surface area is 171 Å². The molecule has 0 aliphatic carbocycles. The van der Waals surface area contributed by atoms with Gasteiger partial charge in [0.1, 0.15) is 0 Å². The Hall–Kier alpha value is -2.62. The van der Waals surface area contributed by atoms with Crippen LogP contribution >= 0.6 is 23.2 Å². The van der Waals surface area contributed by atoms with Crippen LogP contribution in [0.1, 0.15) is 5.56 Å². The predicted molar refractivity (Wildman–Crippen MR) is 105 cm³/mol. The van der Waals surface area contributed by atoms with E-state index in [0.29, 0.717) is 10.0 Å². The van der Waals surface area contributed by atoms with Crippen molar-refractivity contribution >= 4 is 23.2 Å². The maximum Gasteiger partial charge on any atom is 0.291 e. The maximum atomic E-state index is 8.36. The van der Waals surface area contributed by atoms with E-state index in [-0.39, 0.29) is 0 Å². The van der Waals surface area contributed by atoms with Gasteiger partial charge >= 0.3 is 0 Å².